The second-order valence-electron chi connectivity index (χ2n) is 17.1. The average Bonchev–Trinajstić information content (AvgIpc) is 3.75. The van der Waals surface area contributed by atoms with Crippen molar-refractivity contribution in [3.05, 3.63) is 229 Å². The Hall–Kier alpha value is -7.42. The third-order valence-electron chi connectivity index (χ3n) is 13.0. The lowest BCUT2D eigenvalue weighted by Crippen LogP contribution is -2.16. The number of nitrogens with zero attached hydrogens (tertiary/aromatic N) is 2. The Morgan fingerprint density at radius 3 is 1.61 bits per heavy atom. The van der Waals surface area contributed by atoms with Gasteiger partial charge in [-0.3, -0.25) is 0 Å². The van der Waals surface area contributed by atoms with E-state index in [-0.39, 0.29) is 5.41 Å². The topological polar surface area (TPSA) is 8.17 Å². The molecule has 1 aromatic heterocycles. The lowest BCUT2D eigenvalue weighted by Gasteiger charge is -2.28. The summed E-state index contributed by atoms with van der Waals surface area (Å²) >= 11 is 0. The van der Waals surface area contributed by atoms with Crippen LogP contribution in [0.25, 0.3) is 72.0 Å². The molecular formula is C59H46N2. The first-order chi connectivity index (χ1) is 29.8. The van der Waals surface area contributed by atoms with E-state index in [9.17, 15) is 0 Å². The Labute approximate surface area is 358 Å². The van der Waals surface area contributed by atoms with E-state index in [2.05, 4.69) is 243 Å². The quantitative estimate of drug-likeness (QED) is 0.156. The van der Waals surface area contributed by atoms with Gasteiger partial charge in [-0.15, -0.1) is 0 Å². The number of benzene rings is 9. The van der Waals surface area contributed by atoms with Crippen molar-refractivity contribution in [3.63, 3.8) is 0 Å². The van der Waals surface area contributed by atoms with Gasteiger partial charge in [0.2, 0.25) is 0 Å². The Bertz CT molecular complexity index is 3240. The summed E-state index contributed by atoms with van der Waals surface area (Å²) in [5.41, 5.74) is 22.3. The molecule has 10 aromatic rings. The Kier molecular flexibility index (Phi) is 8.65. The van der Waals surface area contributed by atoms with Crippen LogP contribution in [0.5, 0.6) is 0 Å². The fourth-order valence-electron chi connectivity index (χ4n) is 10.1. The lowest BCUT2D eigenvalue weighted by molar-refractivity contribution is 0.660. The van der Waals surface area contributed by atoms with Gasteiger partial charge >= 0.3 is 0 Å². The van der Waals surface area contributed by atoms with Crippen molar-refractivity contribution in [2.45, 2.75) is 33.1 Å². The second kappa shape index (κ2) is 14.4. The first kappa shape index (κ1) is 36.6. The Balaban J connectivity index is 0.962. The van der Waals surface area contributed by atoms with E-state index in [4.69, 9.17) is 0 Å². The molecule has 0 atom stereocenters. The normalized spacial score (nSPS) is 12.7. The number of anilines is 3. The zero-order valence-corrected chi connectivity index (χ0v) is 35.0. The molecule has 1 aliphatic rings. The van der Waals surface area contributed by atoms with E-state index < -0.39 is 0 Å². The first-order valence-electron chi connectivity index (χ1n) is 21.3. The average molecular weight is 783 g/mol. The smallest absolute Gasteiger partial charge is 0.0541 e. The molecule has 1 heterocycles. The predicted octanol–water partition coefficient (Wildman–Crippen LogP) is 16.2. The summed E-state index contributed by atoms with van der Waals surface area (Å²) in [5, 5.41) is 2.54. The molecule has 61 heavy (non-hydrogen) atoms. The van der Waals surface area contributed by atoms with Crippen molar-refractivity contribution in [1.29, 1.82) is 0 Å². The minimum Gasteiger partial charge on any atom is -0.310 e. The van der Waals surface area contributed by atoms with Crippen LogP contribution in [0.2, 0.25) is 0 Å². The van der Waals surface area contributed by atoms with E-state index in [1.54, 1.807) is 0 Å². The maximum Gasteiger partial charge on any atom is 0.0541 e. The van der Waals surface area contributed by atoms with Gasteiger partial charge in [-0.1, -0.05) is 153 Å². The molecule has 0 saturated carbocycles. The van der Waals surface area contributed by atoms with E-state index in [0.717, 1.165) is 17.1 Å². The van der Waals surface area contributed by atoms with Crippen molar-refractivity contribution in [1.82, 2.24) is 4.57 Å². The zero-order chi connectivity index (χ0) is 41.2. The molecule has 2 nitrogen and oxygen atoms in total. The van der Waals surface area contributed by atoms with E-state index in [1.807, 2.05) is 0 Å². The highest BCUT2D eigenvalue weighted by molar-refractivity contribution is 6.10. The molecule has 0 bridgehead atoms. The summed E-state index contributed by atoms with van der Waals surface area (Å²) in [7, 11) is 0. The number of hydrogen-bond donors (Lipinski definition) is 0. The van der Waals surface area contributed by atoms with Gasteiger partial charge in [0.25, 0.3) is 0 Å². The summed E-state index contributed by atoms with van der Waals surface area (Å²) in [6, 6.07) is 75.8. The number of rotatable bonds is 7. The highest BCUT2D eigenvalue weighted by atomic mass is 15.1. The fourth-order valence-corrected chi connectivity index (χ4v) is 10.1. The number of fused-ring (bicyclic) bond motifs is 6. The van der Waals surface area contributed by atoms with Crippen molar-refractivity contribution in [2.75, 3.05) is 4.90 Å². The van der Waals surface area contributed by atoms with Crippen LogP contribution in [0.15, 0.2) is 206 Å². The van der Waals surface area contributed by atoms with Crippen molar-refractivity contribution in [3.8, 4) is 50.2 Å². The molecule has 1 aliphatic carbocycles. The van der Waals surface area contributed by atoms with Crippen LogP contribution in [0.1, 0.15) is 36.1 Å². The molecule has 0 saturated heterocycles. The van der Waals surface area contributed by atoms with E-state index in [1.165, 1.54) is 94.3 Å². The first-order valence-corrected chi connectivity index (χ1v) is 21.3. The largest absolute Gasteiger partial charge is 0.310 e. The molecule has 11 rings (SSSR count). The highest BCUT2D eigenvalue weighted by Crippen LogP contribution is 2.51. The monoisotopic (exact) mass is 782 g/mol. The minimum absolute atomic E-state index is 0.0939. The molecule has 292 valence electrons. The van der Waals surface area contributed by atoms with Crippen LogP contribution < -0.4 is 4.90 Å². The van der Waals surface area contributed by atoms with Crippen LogP contribution in [0, 0.1) is 13.8 Å². The third-order valence-corrected chi connectivity index (χ3v) is 13.0. The lowest BCUT2D eigenvalue weighted by atomic mass is 9.82. The number of para-hydroxylation sites is 2. The number of aromatic nitrogens is 1. The Morgan fingerprint density at radius 1 is 0.377 bits per heavy atom. The summed E-state index contributed by atoms with van der Waals surface area (Å²) in [5.74, 6) is 0. The second-order valence-corrected chi connectivity index (χ2v) is 17.1. The molecule has 0 N–H and O–H groups in total. The molecular weight excluding hydrogens is 737 g/mol. The fraction of sp³-hybridized carbons (Fsp3) is 0.0847. The van der Waals surface area contributed by atoms with Gasteiger partial charge in [0, 0.05) is 38.9 Å². The van der Waals surface area contributed by atoms with Crippen molar-refractivity contribution in [2.24, 2.45) is 0 Å². The molecule has 0 spiro atoms. The minimum atomic E-state index is -0.0939. The van der Waals surface area contributed by atoms with Gasteiger partial charge < -0.3 is 9.47 Å². The summed E-state index contributed by atoms with van der Waals surface area (Å²) in [4.78, 5) is 2.41. The summed E-state index contributed by atoms with van der Waals surface area (Å²) in [6.07, 6.45) is 0. The van der Waals surface area contributed by atoms with Crippen LogP contribution in [-0.2, 0) is 5.41 Å². The standard InChI is InChI=1S/C59H46N2/c1-39-35-45(36-40(2)58(39)44-27-34-57-53(37-44)52-20-12-14-22-56(52)61(57)46-17-9-6-10-18-46)43-25-30-48(31-26-43)60(47-28-23-42(24-29-47)41-15-7-5-8-16-41)49-32-33-51-50-19-11-13-21-54(50)59(3,4)55(51)38-49/h5-38H,1-4H3. The summed E-state index contributed by atoms with van der Waals surface area (Å²) in [6.45, 7) is 9.22. The molecule has 0 unspecified atom stereocenters. The van der Waals surface area contributed by atoms with Crippen LogP contribution in [-0.4, -0.2) is 4.57 Å². The van der Waals surface area contributed by atoms with E-state index >= 15 is 0 Å². The highest BCUT2D eigenvalue weighted by Gasteiger charge is 2.35. The molecule has 0 aliphatic heterocycles. The van der Waals surface area contributed by atoms with Crippen LogP contribution in [0.3, 0.4) is 0 Å². The number of hydrogen-bond acceptors (Lipinski definition) is 1. The third kappa shape index (κ3) is 6.09. The maximum absolute atomic E-state index is 2.41. The molecule has 2 heteroatoms. The van der Waals surface area contributed by atoms with E-state index in [0.29, 0.717) is 0 Å². The molecule has 0 amide bonds. The zero-order valence-electron chi connectivity index (χ0n) is 35.0. The molecule has 0 fully saturated rings. The van der Waals surface area contributed by atoms with Gasteiger partial charge in [-0.05, 0) is 147 Å². The predicted molar refractivity (Wildman–Crippen MR) is 259 cm³/mol. The Morgan fingerprint density at radius 2 is 0.902 bits per heavy atom. The maximum atomic E-state index is 2.41. The molecule has 0 radical (unpaired) electrons. The van der Waals surface area contributed by atoms with Gasteiger partial charge in [0.15, 0.2) is 0 Å². The van der Waals surface area contributed by atoms with Crippen molar-refractivity contribution >= 4 is 38.9 Å². The summed E-state index contributed by atoms with van der Waals surface area (Å²) < 4.78 is 2.38. The van der Waals surface area contributed by atoms with Crippen molar-refractivity contribution < 1.29 is 0 Å². The number of aryl methyl sites for hydroxylation is 2. The molecule has 9 aromatic carbocycles. The van der Waals surface area contributed by atoms with Gasteiger partial charge in [0.1, 0.15) is 0 Å². The van der Waals surface area contributed by atoms with Gasteiger partial charge in [-0.25, -0.2) is 0 Å². The van der Waals surface area contributed by atoms with Crippen LogP contribution in [0.4, 0.5) is 17.1 Å². The van der Waals surface area contributed by atoms with Gasteiger partial charge in [-0.2, -0.15) is 0 Å². The van der Waals surface area contributed by atoms with Crippen LogP contribution >= 0.6 is 0 Å². The SMILES string of the molecule is Cc1cc(-c2ccc(N(c3ccc(-c4ccccc4)cc3)c3ccc4c(c3)C(C)(C)c3ccccc3-4)cc2)cc(C)c1-c1ccc2c(c1)c1ccccc1n2-c1ccccc1. The van der Waals surface area contributed by atoms with Gasteiger partial charge in [0.05, 0.1) is 11.0 Å².